The summed E-state index contributed by atoms with van der Waals surface area (Å²) in [5.41, 5.74) is -1.51. The molecule has 1 aromatic heterocycles. The molecule has 0 radical (unpaired) electrons. The number of rotatable bonds is 10. The smallest absolute Gasteiger partial charge is 0.429 e. The highest BCUT2D eigenvalue weighted by Gasteiger charge is 2.41. The van der Waals surface area contributed by atoms with Crippen molar-refractivity contribution in [3.63, 3.8) is 0 Å². The van der Waals surface area contributed by atoms with Crippen molar-refractivity contribution in [3.05, 3.63) is 100 Å². The Morgan fingerprint density at radius 2 is 1.38 bits per heavy atom. The van der Waals surface area contributed by atoms with E-state index in [2.05, 4.69) is 21.6 Å². The summed E-state index contributed by atoms with van der Waals surface area (Å²) in [6, 6.07) is 5.20. The van der Waals surface area contributed by atoms with E-state index in [0.717, 1.165) is 61.4 Å². The summed E-state index contributed by atoms with van der Waals surface area (Å²) >= 11 is 5.44. The van der Waals surface area contributed by atoms with Gasteiger partial charge in [0, 0.05) is 29.6 Å². The first-order valence-corrected chi connectivity index (χ1v) is 15.2. The summed E-state index contributed by atoms with van der Waals surface area (Å²) in [6.07, 6.45) is 7.87. The van der Waals surface area contributed by atoms with Crippen molar-refractivity contribution in [2.24, 2.45) is 5.92 Å². The molecule has 0 saturated heterocycles. The third kappa shape index (κ3) is 7.43. The maximum atomic E-state index is 15.0. The zero-order valence-electron chi connectivity index (χ0n) is 24.3. The molecule has 0 atom stereocenters. The maximum absolute atomic E-state index is 15.0. The first kappa shape index (κ1) is 32.7. The lowest BCUT2D eigenvalue weighted by molar-refractivity contribution is -0.189. The van der Waals surface area contributed by atoms with E-state index in [9.17, 15) is 22.0 Å². The molecule has 4 aromatic rings. The van der Waals surface area contributed by atoms with Gasteiger partial charge in [0.1, 0.15) is 45.4 Å². The highest BCUT2D eigenvalue weighted by atomic mass is 35.5. The molecule has 0 aliphatic heterocycles. The number of hydrogen-bond donors (Lipinski definition) is 0. The van der Waals surface area contributed by atoms with Crippen molar-refractivity contribution in [1.82, 2.24) is 9.97 Å². The van der Waals surface area contributed by atoms with E-state index in [1.54, 1.807) is 12.4 Å². The molecule has 3 nitrogen and oxygen atoms in total. The molecule has 1 aliphatic rings. The van der Waals surface area contributed by atoms with Gasteiger partial charge >= 0.3 is 6.11 Å². The molecule has 0 unspecified atom stereocenters. The van der Waals surface area contributed by atoms with E-state index in [0.29, 0.717) is 24.1 Å². The zero-order valence-corrected chi connectivity index (χ0v) is 25.1. The molecule has 0 spiro atoms. The lowest BCUT2D eigenvalue weighted by Gasteiger charge is -2.28. The summed E-state index contributed by atoms with van der Waals surface area (Å²) in [5.74, 6) is -6.51. The largest absolute Gasteiger partial charge is 0.432 e. The van der Waals surface area contributed by atoms with Crippen LogP contribution in [-0.2, 0) is 6.11 Å². The molecule has 238 valence electrons. The molecule has 45 heavy (non-hydrogen) atoms. The van der Waals surface area contributed by atoms with E-state index in [-0.39, 0.29) is 22.5 Å². The van der Waals surface area contributed by atoms with Gasteiger partial charge in [0.05, 0.1) is 0 Å². The quantitative estimate of drug-likeness (QED) is 0.0973. The fourth-order valence-electron chi connectivity index (χ4n) is 5.85. The minimum Gasteiger partial charge on any atom is -0.429 e. The number of hydrogen-bond acceptors (Lipinski definition) is 3. The topological polar surface area (TPSA) is 35.0 Å². The number of nitrogens with zero attached hydrogens (tertiary/aromatic N) is 2. The van der Waals surface area contributed by atoms with Crippen LogP contribution in [0, 0.1) is 35.0 Å². The number of alkyl halides is 2. The van der Waals surface area contributed by atoms with Crippen molar-refractivity contribution in [2.45, 2.75) is 70.3 Å². The van der Waals surface area contributed by atoms with Crippen molar-refractivity contribution >= 4 is 11.6 Å². The highest BCUT2D eigenvalue weighted by Crippen LogP contribution is 2.40. The average Bonchev–Trinajstić information content (AvgIpc) is 2.99. The first-order chi connectivity index (χ1) is 21.5. The van der Waals surface area contributed by atoms with Crippen LogP contribution in [0.5, 0.6) is 5.75 Å². The highest BCUT2D eigenvalue weighted by molar-refractivity contribution is 6.31. The number of unbranched alkanes of at least 4 members (excludes halogenated alkanes) is 2. The summed E-state index contributed by atoms with van der Waals surface area (Å²) in [6.45, 7) is 2.19. The number of aromatic nitrogens is 2. The van der Waals surface area contributed by atoms with Crippen LogP contribution in [-0.4, -0.2) is 9.97 Å². The SMILES string of the molecule is CCCCCC1CCC(c2cnc(-c3cc(F)c(C(F)(F)Oc4ccc(-c5cc(F)c(Cl)c(F)c5)c(F)c4)c(F)c3)nc2)CC1. The summed E-state index contributed by atoms with van der Waals surface area (Å²) in [4.78, 5) is 8.49. The summed E-state index contributed by atoms with van der Waals surface area (Å²) < 4.78 is 107. The Morgan fingerprint density at radius 1 is 0.778 bits per heavy atom. The Morgan fingerprint density at radius 3 is 1.96 bits per heavy atom. The minimum atomic E-state index is -4.56. The second-order valence-electron chi connectivity index (χ2n) is 11.4. The van der Waals surface area contributed by atoms with E-state index >= 15 is 8.78 Å². The Kier molecular flexibility index (Phi) is 10.0. The average molecular weight is 651 g/mol. The van der Waals surface area contributed by atoms with Gasteiger partial charge in [-0.2, -0.15) is 8.78 Å². The van der Waals surface area contributed by atoms with Gasteiger partial charge in [0.2, 0.25) is 0 Å². The third-order valence-electron chi connectivity index (χ3n) is 8.28. The Hall–Kier alpha value is -3.66. The first-order valence-electron chi connectivity index (χ1n) is 14.8. The fraction of sp³-hybridized carbons (Fsp3) is 0.353. The summed E-state index contributed by atoms with van der Waals surface area (Å²) in [5, 5.41) is -0.789. The Labute approximate surface area is 261 Å². The molecule has 0 amide bonds. The van der Waals surface area contributed by atoms with Crippen LogP contribution in [0.3, 0.4) is 0 Å². The standard InChI is InChI=1S/C34H30ClF7N2O/c1-2-3-4-5-19-6-8-20(9-7-19)23-17-43-33(44-18-23)22-14-27(37)31(28(38)15-22)34(41,42)45-24-10-11-25(26(36)16-24)21-12-29(39)32(35)30(40)13-21/h10-20H,2-9H2,1H3. The monoisotopic (exact) mass is 650 g/mol. The Bertz CT molecular complexity index is 1610. The third-order valence-corrected chi connectivity index (χ3v) is 8.64. The molecule has 0 N–H and O–H groups in total. The zero-order chi connectivity index (χ0) is 32.3. The van der Waals surface area contributed by atoms with Gasteiger partial charge in [-0.05, 0) is 85.0 Å². The molecule has 0 bridgehead atoms. The number of ether oxygens (including phenoxy) is 1. The van der Waals surface area contributed by atoms with Crippen LogP contribution in [0.2, 0.25) is 5.02 Å². The Balaban J connectivity index is 1.28. The van der Waals surface area contributed by atoms with Gasteiger partial charge in [-0.25, -0.2) is 31.9 Å². The van der Waals surface area contributed by atoms with E-state index in [1.807, 2.05) is 0 Å². The van der Waals surface area contributed by atoms with Gasteiger partial charge in [-0.1, -0.05) is 44.2 Å². The number of halogens is 8. The lowest BCUT2D eigenvalue weighted by Crippen LogP contribution is -2.25. The minimum absolute atomic E-state index is 0.0340. The fourth-order valence-corrected chi connectivity index (χ4v) is 5.96. The molecule has 1 fully saturated rings. The number of benzene rings is 3. The van der Waals surface area contributed by atoms with Crippen LogP contribution in [0.1, 0.15) is 75.3 Å². The second kappa shape index (κ2) is 13.8. The van der Waals surface area contributed by atoms with Crippen LogP contribution < -0.4 is 4.74 Å². The molecular formula is C34H30ClF7N2O. The lowest BCUT2D eigenvalue weighted by atomic mass is 9.77. The summed E-state index contributed by atoms with van der Waals surface area (Å²) in [7, 11) is 0. The van der Waals surface area contributed by atoms with Gasteiger partial charge < -0.3 is 4.74 Å². The molecular weight excluding hydrogens is 621 g/mol. The predicted octanol–water partition coefficient (Wildman–Crippen LogP) is 11.1. The van der Waals surface area contributed by atoms with Crippen LogP contribution in [0.25, 0.3) is 22.5 Å². The molecule has 3 aromatic carbocycles. The van der Waals surface area contributed by atoms with E-state index in [1.165, 1.54) is 25.7 Å². The van der Waals surface area contributed by atoms with Crippen LogP contribution >= 0.6 is 11.6 Å². The van der Waals surface area contributed by atoms with E-state index < -0.39 is 51.5 Å². The van der Waals surface area contributed by atoms with Gasteiger partial charge in [-0.3, -0.25) is 0 Å². The van der Waals surface area contributed by atoms with Crippen molar-refractivity contribution in [1.29, 1.82) is 0 Å². The van der Waals surface area contributed by atoms with Crippen molar-refractivity contribution in [2.75, 3.05) is 0 Å². The van der Waals surface area contributed by atoms with Gasteiger partial charge in [0.25, 0.3) is 0 Å². The normalized spacial score (nSPS) is 17.0. The van der Waals surface area contributed by atoms with Gasteiger partial charge in [-0.15, -0.1) is 0 Å². The van der Waals surface area contributed by atoms with Gasteiger partial charge in [0.15, 0.2) is 5.82 Å². The maximum Gasteiger partial charge on any atom is 0.432 e. The van der Waals surface area contributed by atoms with Crippen LogP contribution in [0.4, 0.5) is 30.7 Å². The molecule has 1 saturated carbocycles. The van der Waals surface area contributed by atoms with Crippen molar-refractivity contribution < 1.29 is 35.5 Å². The molecule has 5 rings (SSSR count). The molecule has 1 aliphatic carbocycles. The van der Waals surface area contributed by atoms with E-state index in [4.69, 9.17) is 11.6 Å². The predicted molar refractivity (Wildman–Crippen MR) is 158 cm³/mol. The molecule has 11 heteroatoms. The van der Waals surface area contributed by atoms with Crippen molar-refractivity contribution in [3.8, 4) is 28.3 Å². The second-order valence-corrected chi connectivity index (χ2v) is 11.8. The molecule has 1 heterocycles. The van der Waals surface area contributed by atoms with Crippen LogP contribution in [0.15, 0.2) is 54.9 Å².